The van der Waals surface area contributed by atoms with Gasteiger partial charge in [0.05, 0.1) is 11.0 Å². The van der Waals surface area contributed by atoms with Crippen molar-refractivity contribution in [2.45, 2.75) is 44.1 Å². The summed E-state index contributed by atoms with van der Waals surface area (Å²) in [6.45, 7) is 2.14. The molecular weight excluding hydrogens is 390 g/mol. The van der Waals surface area contributed by atoms with Crippen LogP contribution in [0.25, 0.3) is 11.0 Å². The van der Waals surface area contributed by atoms with Crippen molar-refractivity contribution in [1.29, 1.82) is 0 Å². The van der Waals surface area contributed by atoms with Crippen LogP contribution in [0, 0.1) is 0 Å². The fraction of sp³-hybridized carbons (Fsp3) is 0.417. The van der Waals surface area contributed by atoms with Crippen LogP contribution in [0.2, 0.25) is 0 Å². The van der Waals surface area contributed by atoms with Crippen molar-refractivity contribution in [3.8, 4) is 0 Å². The quantitative estimate of drug-likeness (QED) is 0.692. The van der Waals surface area contributed by atoms with E-state index in [9.17, 15) is 9.59 Å². The molecule has 4 heterocycles. The summed E-state index contributed by atoms with van der Waals surface area (Å²) in [5.41, 5.74) is 3.13. The molecule has 0 aliphatic carbocycles. The third-order valence-corrected chi connectivity index (χ3v) is 6.55. The van der Waals surface area contributed by atoms with Gasteiger partial charge >= 0.3 is 0 Å². The highest BCUT2D eigenvalue weighted by Crippen LogP contribution is 2.29. The number of aromatic amines is 1. The molecule has 5 rings (SSSR count). The van der Waals surface area contributed by atoms with E-state index in [1.54, 1.807) is 17.3 Å². The summed E-state index contributed by atoms with van der Waals surface area (Å²) in [6.07, 6.45) is 7.13. The number of rotatable bonds is 5. The number of carbonyl (C=O) groups excluding carboxylic acids is 2. The molecule has 2 atom stereocenters. The largest absolute Gasteiger partial charge is 0.342 e. The Balaban J connectivity index is 1.20. The number of pyridine rings is 1. The van der Waals surface area contributed by atoms with E-state index in [4.69, 9.17) is 0 Å². The number of carbonyl (C=O) groups is 2. The number of amides is 2. The minimum atomic E-state index is -0.320. The average molecular weight is 418 g/mol. The van der Waals surface area contributed by atoms with Gasteiger partial charge in [-0.1, -0.05) is 12.1 Å². The molecule has 1 N–H and O–H groups in total. The maximum atomic E-state index is 13.2. The van der Waals surface area contributed by atoms with Crippen molar-refractivity contribution >= 4 is 22.8 Å². The van der Waals surface area contributed by atoms with Gasteiger partial charge in [-0.15, -0.1) is 0 Å². The zero-order valence-electron chi connectivity index (χ0n) is 17.5. The molecule has 160 valence electrons. The maximum Gasteiger partial charge on any atom is 0.245 e. The van der Waals surface area contributed by atoms with Crippen LogP contribution in [-0.4, -0.2) is 62.2 Å². The molecule has 2 aliphatic rings. The molecule has 7 heteroatoms. The SMILES string of the molecule is O=C([C@@H]1CCCN1C(=O)CCc1nc2ccccc2[nH]1)N1CCC(c2ccncc2)C1. The minimum absolute atomic E-state index is 0.0428. The van der Waals surface area contributed by atoms with Gasteiger partial charge in [0.15, 0.2) is 0 Å². The molecular formula is C24H27N5O2. The lowest BCUT2D eigenvalue weighted by molar-refractivity contribution is -0.143. The van der Waals surface area contributed by atoms with E-state index >= 15 is 0 Å². The van der Waals surface area contributed by atoms with Gasteiger partial charge in [-0.2, -0.15) is 0 Å². The van der Waals surface area contributed by atoms with E-state index < -0.39 is 0 Å². The molecule has 2 aliphatic heterocycles. The van der Waals surface area contributed by atoms with Gasteiger partial charge in [-0.3, -0.25) is 14.6 Å². The molecule has 2 aromatic heterocycles. The van der Waals surface area contributed by atoms with Crippen molar-refractivity contribution < 1.29 is 9.59 Å². The number of H-pyrrole nitrogens is 1. The number of hydrogen-bond donors (Lipinski definition) is 1. The third kappa shape index (κ3) is 4.04. The Morgan fingerprint density at radius 3 is 2.74 bits per heavy atom. The number of para-hydroxylation sites is 2. The number of aromatic nitrogens is 3. The predicted octanol–water partition coefficient (Wildman–Crippen LogP) is 2.90. The molecule has 7 nitrogen and oxygen atoms in total. The first-order valence-corrected chi connectivity index (χ1v) is 11.1. The summed E-state index contributed by atoms with van der Waals surface area (Å²) < 4.78 is 0. The Morgan fingerprint density at radius 2 is 1.90 bits per heavy atom. The summed E-state index contributed by atoms with van der Waals surface area (Å²) in [5.74, 6) is 1.31. The number of hydrogen-bond acceptors (Lipinski definition) is 4. The first-order chi connectivity index (χ1) is 15.2. The van der Waals surface area contributed by atoms with E-state index in [0.717, 1.165) is 49.2 Å². The molecule has 0 radical (unpaired) electrons. The molecule has 2 amide bonds. The van der Waals surface area contributed by atoms with Crippen LogP contribution < -0.4 is 0 Å². The molecule has 1 unspecified atom stereocenters. The molecule has 1 aromatic carbocycles. The van der Waals surface area contributed by atoms with Crippen molar-refractivity contribution in [2.75, 3.05) is 19.6 Å². The van der Waals surface area contributed by atoms with E-state index in [-0.39, 0.29) is 17.9 Å². The summed E-state index contributed by atoms with van der Waals surface area (Å²) in [5, 5.41) is 0. The van der Waals surface area contributed by atoms with Crippen LogP contribution in [0.15, 0.2) is 48.8 Å². The van der Waals surface area contributed by atoms with Gasteiger partial charge < -0.3 is 14.8 Å². The highest BCUT2D eigenvalue weighted by molar-refractivity contribution is 5.88. The highest BCUT2D eigenvalue weighted by Gasteiger charge is 2.38. The van der Waals surface area contributed by atoms with Crippen molar-refractivity contribution in [3.63, 3.8) is 0 Å². The van der Waals surface area contributed by atoms with Crippen molar-refractivity contribution in [1.82, 2.24) is 24.8 Å². The first-order valence-electron chi connectivity index (χ1n) is 11.1. The number of fused-ring (bicyclic) bond motifs is 1. The van der Waals surface area contributed by atoms with Crippen LogP contribution in [-0.2, 0) is 16.0 Å². The molecule has 2 fully saturated rings. The molecule has 31 heavy (non-hydrogen) atoms. The Hall–Kier alpha value is -3.22. The summed E-state index contributed by atoms with van der Waals surface area (Å²) in [4.78, 5) is 41.9. The van der Waals surface area contributed by atoms with Gasteiger partial charge in [0.2, 0.25) is 11.8 Å². The van der Waals surface area contributed by atoms with Gasteiger partial charge in [0.25, 0.3) is 0 Å². The Kier molecular flexibility index (Phi) is 5.40. The first kappa shape index (κ1) is 19.7. The lowest BCUT2D eigenvalue weighted by atomic mass is 10.00. The lowest BCUT2D eigenvalue weighted by Crippen LogP contribution is -2.47. The van der Waals surface area contributed by atoms with Gasteiger partial charge in [0.1, 0.15) is 11.9 Å². The second kappa shape index (κ2) is 8.49. The highest BCUT2D eigenvalue weighted by atomic mass is 16.2. The summed E-state index contributed by atoms with van der Waals surface area (Å²) >= 11 is 0. The number of nitrogens with one attached hydrogen (secondary N) is 1. The molecule has 0 saturated carbocycles. The second-order valence-corrected chi connectivity index (χ2v) is 8.50. The number of likely N-dealkylation sites (tertiary alicyclic amines) is 2. The zero-order valence-corrected chi connectivity index (χ0v) is 17.5. The topological polar surface area (TPSA) is 82.2 Å². The van der Waals surface area contributed by atoms with E-state index in [1.807, 2.05) is 41.3 Å². The van der Waals surface area contributed by atoms with Gasteiger partial charge in [-0.25, -0.2) is 4.98 Å². The minimum Gasteiger partial charge on any atom is -0.342 e. The van der Waals surface area contributed by atoms with Gasteiger partial charge in [-0.05, 0) is 49.1 Å². The van der Waals surface area contributed by atoms with Crippen molar-refractivity contribution in [3.05, 3.63) is 60.2 Å². The molecule has 0 bridgehead atoms. The van der Waals surface area contributed by atoms with Crippen LogP contribution in [0.3, 0.4) is 0 Å². The van der Waals surface area contributed by atoms with Crippen LogP contribution >= 0.6 is 0 Å². The molecule has 2 saturated heterocycles. The average Bonchev–Trinajstić information content (AvgIpc) is 3.56. The Bertz CT molecular complexity index is 1050. The summed E-state index contributed by atoms with van der Waals surface area (Å²) in [7, 11) is 0. The van der Waals surface area contributed by atoms with E-state index in [0.29, 0.717) is 25.3 Å². The predicted molar refractivity (Wildman–Crippen MR) is 117 cm³/mol. The molecule has 0 spiro atoms. The van der Waals surface area contributed by atoms with Gasteiger partial charge in [0, 0.05) is 50.8 Å². The standard InChI is InChI=1S/C24H27N5O2/c30-23(8-7-22-26-19-4-1-2-5-20(19)27-22)29-14-3-6-21(29)24(31)28-15-11-18(16-28)17-9-12-25-13-10-17/h1-2,4-5,9-10,12-13,18,21H,3,6-8,11,14-16H2,(H,26,27)/t18?,21-/m0/s1. The second-order valence-electron chi connectivity index (χ2n) is 8.50. The maximum absolute atomic E-state index is 13.2. The number of aryl methyl sites for hydroxylation is 1. The normalized spacial score (nSPS) is 21.2. The van der Waals surface area contributed by atoms with E-state index in [1.165, 1.54) is 5.56 Å². The number of nitrogens with zero attached hydrogens (tertiary/aromatic N) is 4. The number of benzene rings is 1. The Labute approximate surface area is 181 Å². The van der Waals surface area contributed by atoms with Crippen LogP contribution in [0.5, 0.6) is 0 Å². The summed E-state index contributed by atoms with van der Waals surface area (Å²) in [6, 6.07) is 11.6. The Morgan fingerprint density at radius 1 is 1.06 bits per heavy atom. The van der Waals surface area contributed by atoms with E-state index in [2.05, 4.69) is 15.0 Å². The fourth-order valence-electron chi connectivity index (χ4n) is 4.89. The zero-order chi connectivity index (χ0) is 21.2. The van der Waals surface area contributed by atoms with Crippen LogP contribution in [0.1, 0.15) is 43.0 Å². The number of imidazole rings is 1. The smallest absolute Gasteiger partial charge is 0.245 e. The fourth-order valence-corrected chi connectivity index (χ4v) is 4.89. The monoisotopic (exact) mass is 417 g/mol. The third-order valence-electron chi connectivity index (χ3n) is 6.55. The lowest BCUT2D eigenvalue weighted by Gasteiger charge is -2.28. The van der Waals surface area contributed by atoms with Crippen LogP contribution in [0.4, 0.5) is 0 Å². The van der Waals surface area contributed by atoms with Crippen molar-refractivity contribution in [2.24, 2.45) is 0 Å². The molecule has 3 aromatic rings.